The van der Waals surface area contributed by atoms with E-state index in [4.69, 9.17) is 29.4 Å². The number of carbonyl (C=O) groups excluding carboxylic acids is 3. The SMILES string of the molecule is C[C@@H]1[C@H](O)[C@@H](C)/C=C/C=C/C=C/C=C/C=C/C=C/C=C/[C@H](O[C@@H]2O[C@@H](C)[C@@H](O)[C@H](NC(=O)[C@H](N)CC(=O)OC(C)(C)C)[C@@H]2O)C[C@@H]2O[C@](O)(C[C@@H](O)C[C@@H](O)[C@H](O)CC[C@@H](O)C[C@@H](O)CC(=O)O[C@H]1C)C[C@H](O)[C@H]2C(=O)O. The van der Waals surface area contributed by atoms with Crippen LogP contribution in [0.3, 0.4) is 0 Å². The third-order valence-electron chi connectivity index (χ3n) is 13.4. The van der Waals surface area contributed by atoms with Crippen LogP contribution in [-0.4, -0.2) is 189 Å². The number of esters is 2. The van der Waals surface area contributed by atoms with Crippen molar-refractivity contribution in [2.75, 3.05) is 0 Å². The van der Waals surface area contributed by atoms with Crippen LogP contribution in [-0.2, 0) is 42.9 Å². The molecule has 0 aromatic carbocycles. The number of cyclic esters (lactones) is 1. The highest BCUT2D eigenvalue weighted by Crippen LogP contribution is 2.38. The summed E-state index contributed by atoms with van der Waals surface area (Å²) in [5.41, 5.74) is 5.14. The molecule has 0 spiro atoms. The largest absolute Gasteiger partial charge is 0.481 e. The molecule has 20 atom stereocenters. The fourth-order valence-electron chi connectivity index (χ4n) is 9.03. The number of carboxylic acid groups (broad SMARTS) is 1. The standard InChI is InChI=1S/C55H86N2O20/c1-31-20-18-16-14-12-10-8-9-11-13-15-17-19-21-38(75-53-50(68)47(49(67)34(4)74-53)57-51(69)39(56)28-45(65)77-54(5,6)7)27-43-46(52(70)71)42(63)30-55(72,76-43)29-37(60)25-41(62)40(61)23-22-35(58)24-36(59)26-44(64)73-33(3)32(2)48(31)66/h8-21,31-43,46-50,53,58-63,66-68,72H,22-30,56H2,1-7H3,(H,57,69)(H,70,71)/b9-8+,12-10+,13-11+,16-14+,17-15+,20-18+,21-19+/t31-,32-,33-,34-,35+,36+,37-,38-,39+,40+,41+,42-,43-,46+,47-,48+,49+,50-,53-,55+/m0/s1. The van der Waals surface area contributed by atoms with Crippen LogP contribution in [0.4, 0.5) is 0 Å². The summed E-state index contributed by atoms with van der Waals surface area (Å²) in [5, 5.41) is 123. The Labute approximate surface area is 450 Å². The normalized spacial score (nSPS) is 40.7. The van der Waals surface area contributed by atoms with Crippen molar-refractivity contribution in [2.45, 2.75) is 215 Å². The number of hydrogen-bond donors (Lipinski definition) is 13. The molecule has 1 amide bonds. The van der Waals surface area contributed by atoms with Gasteiger partial charge < -0.3 is 90.9 Å². The summed E-state index contributed by atoms with van der Waals surface area (Å²) >= 11 is 0. The third kappa shape index (κ3) is 23.4. The van der Waals surface area contributed by atoms with E-state index in [0.717, 1.165) is 0 Å². The lowest BCUT2D eigenvalue weighted by molar-refractivity contribution is -0.309. The fourth-order valence-corrected chi connectivity index (χ4v) is 9.03. The van der Waals surface area contributed by atoms with Crippen molar-refractivity contribution >= 4 is 23.8 Å². The van der Waals surface area contributed by atoms with Gasteiger partial charge in [-0.1, -0.05) is 98.9 Å². The lowest BCUT2D eigenvalue weighted by Gasteiger charge is -2.45. The lowest BCUT2D eigenvalue weighted by atomic mass is 9.82. The summed E-state index contributed by atoms with van der Waals surface area (Å²) < 4.78 is 28.8. The summed E-state index contributed by atoms with van der Waals surface area (Å²) in [5.74, 6) is -8.84. The molecule has 22 nitrogen and oxygen atoms in total. The van der Waals surface area contributed by atoms with Gasteiger partial charge in [0, 0.05) is 37.5 Å². The number of aliphatic carboxylic acids is 1. The molecule has 0 radical (unpaired) electrons. The Balaban J connectivity index is 1.93. The van der Waals surface area contributed by atoms with Gasteiger partial charge in [0.05, 0.1) is 86.0 Å². The highest BCUT2D eigenvalue weighted by molar-refractivity contribution is 5.86. The molecule has 0 unspecified atom stereocenters. The smallest absolute Gasteiger partial charge is 0.311 e. The lowest BCUT2D eigenvalue weighted by Crippen LogP contribution is -2.65. The van der Waals surface area contributed by atoms with Gasteiger partial charge in [0.2, 0.25) is 5.91 Å². The zero-order valence-electron chi connectivity index (χ0n) is 45.1. The van der Waals surface area contributed by atoms with Gasteiger partial charge in [-0.2, -0.15) is 0 Å². The second kappa shape index (κ2) is 31.9. The van der Waals surface area contributed by atoms with Crippen molar-refractivity contribution in [3.05, 3.63) is 85.1 Å². The molecule has 2 saturated heterocycles. The predicted octanol–water partition coefficient (Wildman–Crippen LogP) is 0.928. The van der Waals surface area contributed by atoms with Crippen LogP contribution in [0.15, 0.2) is 85.1 Å². The number of aliphatic hydroxyl groups excluding tert-OH is 9. The Bertz CT molecular complexity index is 2070. The van der Waals surface area contributed by atoms with Crippen molar-refractivity contribution < 1.29 is 99.0 Å². The summed E-state index contributed by atoms with van der Waals surface area (Å²) in [7, 11) is 0. The second-order valence-electron chi connectivity index (χ2n) is 21.4. The van der Waals surface area contributed by atoms with Crippen LogP contribution < -0.4 is 11.1 Å². The number of aliphatic hydroxyl groups is 10. The average molecular weight is 1100 g/mol. The van der Waals surface area contributed by atoms with Gasteiger partial charge in [-0.05, 0) is 53.9 Å². The summed E-state index contributed by atoms with van der Waals surface area (Å²) in [4.78, 5) is 51.0. The molecule has 3 aliphatic heterocycles. The van der Waals surface area contributed by atoms with Crippen LogP contribution >= 0.6 is 0 Å². The van der Waals surface area contributed by atoms with E-state index in [0.29, 0.717) is 0 Å². The number of rotatable bonds is 7. The Morgan fingerprint density at radius 3 is 1.86 bits per heavy atom. The molecule has 77 heavy (non-hydrogen) atoms. The van der Waals surface area contributed by atoms with Gasteiger partial charge in [-0.25, -0.2) is 0 Å². The Hall–Kier alpha value is -4.50. The number of carboxylic acids is 1. The summed E-state index contributed by atoms with van der Waals surface area (Å²) in [6.45, 7) is 11.5. The molecule has 14 N–H and O–H groups in total. The van der Waals surface area contributed by atoms with E-state index in [-0.39, 0.29) is 25.2 Å². The molecule has 2 fully saturated rings. The first-order valence-electron chi connectivity index (χ1n) is 26.2. The molecule has 3 rings (SSSR count). The first-order chi connectivity index (χ1) is 36.0. The quantitative estimate of drug-likeness (QED) is 0.158. The van der Waals surface area contributed by atoms with Crippen LogP contribution in [0, 0.1) is 17.8 Å². The number of hydrogen-bond acceptors (Lipinski definition) is 20. The molecule has 0 saturated carbocycles. The number of carbonyl (C=O) groups is 4. The minimum atomic E-state index is -2.42. The van der Waals surface area contributed by atoms with E-state index in [1.54, 1.807) is 108 Å². The zero-order chi connectivity index (χ0) is 57.8. The van der Waals surface area contributed by atoms with Crippen molar-refractivity contribution in [3.8, 4) is 0 Å². The number of nitrogens with two attached hydrogens (primary N) is 1. The Kier molecular flexibility index (Phi) is 27.7. The topological polar surface area (TPSA) is 375 Å². The Morgan fingerprint density at radius 1 is 0.714 bits per heavy atom. The molecular formula is C55H86N2O20. The number of fused-ring (bicyclic) bond motifs is 2. The number of nitrogens with one attached hydrogen (secondary N) is 1. The molecule has 0 aromatic rings. The molecule has 3 aliphatic rings. The highest BCUT2D eigenvalue weighted by atomic mass is 16.7. The molecule has 2 bridgehead atoms. The van der Waals surface area contributed by atoms with E-state index in [1.165, 1.54) is 19.1 Å². The van der Waals surface area contributed by atoms with Crippen molar-refractivity contribution in [1.29, 1.82) is 0 Å². The molecule has 22 heteroatoms. The number of allylic oxidation sites excluding steroid dienone is 12. The van der Waals surface area contributed by atoms with Crippen molar-refractivity contribution in [3.63, 3.8) is 0 Å². The van der Waals surface area contributed by atoms with E-state index in [2.05, 4.69) is 5.32 Å². The first-order valence-corrected chi connectivity index (χ1v) is 26.2. The van der Waals surface area contributed by atoms with Crippen molar-refractivity contribution in [1.82, 2.24) is 5.32 Å². The van der Waals surface area contributed by atoms with Gasteiger partial charge in [-0.15, -0.1) is 0 Å². The molecule has 3 heterocycles. The van der Waals surface area contributed by atoms with Crippen LogP contribution in [0.25, 0.3) is 0 Å². The maximum Gasteiger partial charge on any atom is 0.311 e. The van der Waals surface area contributed by atoms with Crippen LogP contribution in [0.1, 0.15) is 106 Å². The number of ether oxygens (including phenoxy) is 5. The van der Waals surface area contributed by atoms with Gasteiger partial charge >= 0.3 is 17.9 Å². The summed E-state index contributed by atoms with van der Waals surface area (Å²) in [6.07, 6.45) is 0.243. The molecular weight excluding hydrogens is 1010 g/mol. The first kappa shape index (κ1) is 66.8. The van der Waals surface area contributed by atoms with E-state index in [1.807, 2.05) is 6.92 Å². The second-order valence-corrected chi connectivity index (χ2v) is 21.4. The fraction of sp³-hybridized carbons (Fsp3) is 0.673. The minimum absolute atomic E-state index is 0.141. The average Bonchev–Trinajstić information content (AvgIpc) is 3.31. The predicted molar refractivity (Wildman–Crippen MR) is 279 cm³/mol. The van der Waals surface area contributed by atoms with E-state index < -0.39 is 183 Å². The van der Waals surface area contributed by atoms with E-state index >= 15 is 0 Å². The van der Waals surface area contributed by atoms with Crippen LogP contribution in [0.2, 0.25) is 0 Å². The monoisotopic (exact) mass is 1090 g/mol. The molecule has 436 valence electrons. The molecule has 0 aliphatic carbocycles. The van der Waals surface area contributed by atoms with Gasteiger partial charge in [0.15, 0.2) is 12.1 Å². The highest BCUT2D eigenvalue weighted by Gasteiger charge is 2.51. The van der Waals surface area contributed by atoms with Crippen molar-refractivity contribution in [2.24, 2.45) is 23.5 Å². The van der Waals surface area contributed by atoms with E-state index in [9.17, 15) is 75.3 Å². The number of amides is 1. The van der Waals surface area contributed by atoms with Gasteiger partial charge in [-0.3, -0.25) is 19.2 Å². The van der Waals surface area contributed by atoms with Gasteiger partial charge in [0.1, 0.15) is 29.8 Å². The third-order valence-corrected chi connectivity index (χ3v) is 13.4. The maximum atomic E-state index is 13.2. The zero-order valence-corrected chi connectivity index (χ0v) is 45.1. The maximum absolute atomic E-state index is 13.2. The Morgan fingerprint density at radius 2 is 1.29 bits per heavy atom. The summed E-state index contributed by atoms with van der Waals surface area (Å²) in [6, 6.07) is -2.91. The molecule has 0 aromatic heterocycles. The van der Waals surface area contributed by atoms with Crippen LogP contribution in [0.5, 0.6) is 0 Å². The minimum Gasteiger partial charge on any atom is -0.481 e. The van der Waals surface area contributed by atoms with Gasteiger partial charge in [0.25, 0.3) is 0 Å².